The number of thioether (sulfide) groups is 1. The average molecular weight is 299 g/mol. The van der Waals surface area contributed by atoms with Crippen molar-refractivity contribution in [2.24, 2.45) is 5.73 Å². The number of benzene rings is 1. The van der Waals surface area contributed by atoms with E-state index in [0.29, 0.717) is 5.75 Å². The first kappa shape index (κ1) is 16.3. The summed E-state index contributed by atoms with van der Waals surface area (Å²) in [6.45, 7) is 1.75. The van der Waals surface area contributed by atoms with Gasteiger partial charge in [-0.25, -0.2) is 0 Å². The number of nitro benzene ring substituents is 1. The van der Waals surface area contributed by atoms with Gasteiger partial charge in [-0.05, 0) is 25.3 Å². The number of primary amides is 1. The van der Waals surface area contributed by atoms with Crippen molar-refractivity contribution >= 4 is 29.0 Å². The fourth-order valence-electron chi connectivity index (χ4n) is 1.64. The third kappa shape index (κ3) is 4.39. The number of nitrogens with two attached hydrogens (primary N) is 1. The zero-order chi connectivity index (χ0) is 15.3. The minimum Gasteiger partial charge on any atom is -0.387 e. The molecule has 1 atom stereocenters. The summed E-state index contributed by atoms with van der Waals surface area (Å²) in [6, 6.07) is 3.83. The van der Waals surface area contributed by atoms with Crippen molar-refractivity contribution in [1.82, 2.24) is 0 Å². The minimum absolute atomic E-state index is 0.122. The van der Waals surface area contributed by atoms with E-state index in [4.69, 9.17) is 5.73 Å². The number of nitrogens with zero attached hydrogens (tertiary/aromatic N) is 1. The summed E-state index contributed by atoms with van der Waals surface area (Å²) in [7, 11) is 0. The summed E-state index contributed by atoms with van der Waals surface area (Å²) in [5.41, 5.74) is 4.29. The highest BCUT2D eigenvalue weighted by Gasteiger charge is 2.22. The Morgan fingerprint density at radius 2 is 2.25 bits per heavy atom. The van der Waals surface area contributed by atoms with E-state index in [2.05, 4.69) is 5.32 Å². The van der Waals surface area contributed by atoms with Crippen LogP contribution in [0.25, 0.3) is 0 Å². The molecule has 0 aromatic heterocycles. The van der Waals surface area contributed by atoms with E-state index in [1.54, 1.807) is 6.92 Å². The number of hydrogen-bond acceptors (Lipinski definition) is 6. The normalized spacial score (nSPS) is 13.6. The molecule has 8 heteroatoms. The van der Waals surface area contributed by atoms with E-state index in [1.165, 1.54) is 30.0 Å². The predicted molar refractivity (Wildman–Crippen MR) is 79.1 cm³/mol. The van der Waals surface area contributed by atoms with Gasteiger partial charge in [0.1, 0.15) is 5.69 Å². The second kappa shape index (κ2) is 6.58. The van der Waals surface area contributed by atoms with Crippen LogP contribution in [0.5, 0.6) is 0 Å². The molecule has 0 aliphatic heterocycles. The molecule has 0 bridgehead atoms. The van der Waals surface area contributed by atoms with Gasteiger partial charge in [-0.1, -0.05) is 0 Å². The molecule has 4 N–H and O–H groups in total. The Morgan fingerprint density at radius 3 is 2.75 bits per heavy atom. The molecule has 7 nitrogen and oxygen atoms in total. The third-order valence-corrected chi connectivity index (χ3v) is 3.50. The highest BCUT2D eigenvalue weighted by atomic mass is 32.2. The lowest BCUT2D eigenvalue weighted by atomic mass is 10.1. The van der Waals surface area contributed by atoms with Gasteiger partial charge in [0.2, 0.25) is 5.91 Å². The van der Waals surface area contributed by atoms with Crippen LogP contribution >= 0.6 is 11.8 Å². The second-order valence-electron chi connectivity index (χ2n) is 4.64. The molecule has 0 aliphatic carbocycles. The number of aliphatic hydroxyl groups is 1. The summed E-state index contributed by atoms with van der Waals surface area (Å²) in [4.78, 5) is 21.5. The molecule has 1 aromatic carbocycles. The number of nitro groups is 1. The quantitative estimate of drug-likeness (QED) is 0.514. The Kier molecular flexibility index (Phi) is 5.34. The van der Waals surface area contributed by atoms with Crippen molar-refractivity contribution in [3.05, 3.63) is 33.9 Å². The molecule has 1 rings (SSSR count). The molecule has 20 heavy (non-hydrogen) atoms. The first-order chi connectivity index (χ1) is 9.26. The Morgan fingerprint density at radius 1 is 1.60 bits per heavy atom. The molecule has 1 aromatic rings. The molecule has 0 heterocycles. The predicted octanol–water partition coefficient (Wildman–Crippen LogP) is 1.22. The van der Waals surface area contributed by atoms with Crippen LogP contribution in [0.15, 0.2) is 18.2 Å². The maximum atomic E-state index is 11.1. The van der Waals surface area contributed by atoms with Crippen LogP contribution in [-0.4, -0.2) is 40.1 Å². The Labute approximate surface area is 120 Å². The molecular formula is C12H17N3O4S. The Hall–Kier alpha value is -1.80. The fraction of sp³-hybridized carbons (Fsp3) is 0.417. The lowest BCUT2D eigenvalue weighted by molar-refractivity contribution is -0.384. The number of nitrogens with one attached hydrogen (secondary N) is 1. The van der Waals surface area contributed by atoms with Gasteiger partial charge in [-0.2, -0.15) is 11.8 Å². The largest absolute Gasteiger partial charge is 0.387 e. The van der Waals surface area contributed by atoms with Gasteiger partial charge in [0, 0.05) is 23.9 Å². The zero-order valence-electron chi connectivity index (χ0n) is 11.3. The molecule has 1 unspecified atom stereocenters. The van der Waals surface area contributed by atoms with Crippen molar-refractivity contribution in [3.63, 3.8) is 0 Å². The number of rotatable bonds is 7. The van der Waals surface area contributed by atoms with Crippen molar-refractivity contribution in [1.29, 1.82) is 0 Å². The van der Waals surface area contributed by atoms with Crippen molar-refractivity contribution in [2.45, 2.75) is 12.5 Å². The monoisotopic (exact) mass is 299 g/mol. The van der Waals surface area contributed by atoms with Crippen LogP contribution in [0.4, 0.5) is 11.4 Å². The molecule has 0 aliphatic rings. The van der Waals surface area contributed by atoms with Gasteiger partial charge in [-0.15, -0.1) is 0 Å². The van der Waals surface area contributed by atoms with E-state index in [-0.39, 0.29) is 23.5 Å². The van der Waals surface area contributed by atoms with Gasteiger partial charge in [-0.3, -0.25) is 14.9 Å². The van der Waals surface area contributed by atoms with Gasteiger partial charge < -0.3 is 16.2 Å². The smallest absolute Gasteiger partial charge is 0.292 e. The highest BCUT2D eigenvalue weighted by Crippen LogP contribution is 2.26. The zero-order valence-corrected chi connectivity index (χ0v) is 12.1. The first-order valence-electron chi connectivity index (χ1n) is 5.80. The van der Waals surface area contributed by atoms with E-state index < -0.39 is 16.4 Å². The Balaban J connectivity index is 2.99. The SMILES string of the molecule is CSCC(C)(O)CNc1cc(C(N)=O)ccc1[N+](=O)[O-]. The Bertz CT molecular complexity index is 519. The summed E-state index contributed by atoms with van der Waals surface area (Å²) >= 11 is 1.46. The van der Waals surface area contributed by atoms with E-state index in [0.717, 1.165) is 0 Å². The fourth-order valence-corrected chi connectivity index (χ4v) is 2.36. The molecule has 1 amide bonds. The van der Waals surface area contributed by atoms with Crippen LogP contribution in [0.1, 0.15) is 17.3 Å². The van der Waals surface area contributed by atoms with Gasteiger partial charge in [0.15, 0.2) is 0 Å². The highest BCUT2D eigenvalue weighted by molar-refractivity contribution is 7.98. The first-order valence-corrected chi connectivity index (χ1v) is 7.19. The van der Waals surface area contributed by atoms with Crippen molar-refractivity contribution in [2.75, 3.05) is 23.9 Å². The topological polar surface area (TPSA) is 118 Å². The van der Waals surface area contributed by atoms with Crippen LogP contribution in [0.2, 0.25) is 0 Å². The molecular weight excluding hydrogens is 282 g/mol. The summed E-state index contributed by atoms with van der Waals surface area (Å²) in [6.07, 6.45) is 1.85. The molecule has 0 saturated carbocycles. The van der Waals surface area contributed by atoms with Gasteiger partial charge in [0.05, 0.1) is 10.5 Å². The van der Waals surface area contributed by atoms with E-state index in [9.17, 15) is 20.0 Å². The van der Waals surface area contributed by atoms with Crippen LogP contribution < -0.4 is 11.1 Å². The molecule has 0 fully saturated rings. The molecule has 0 radical (unpaired) electrons. The van der Waals surface area contributed by atoms with Crippen LogP contribution in [0.3, 0.4) is 0 Å². The second-order valence-corrected chi connectivity index (χ2v) is 5.50. The van der Waals surface area contributed by atoms with Gasteiger partial charge in [0.25, 0.3) is 5.69 Å². The van der Waals surface area contributed by atoms with Gasteiger partial charge >= 0.3 is 0 Å². The molecule has 0 saturated heterocycles. The lowest BCUT2D eigenvalue weighted by Crippen LogP contribution is -2.36. The average Bonchev–Trinajstić information content (AvgIpc) is 2.35. The minimum atomic E-state index is -1.02. The summed E-state index contributed by atoms with van der Waals surface area (Å²) < 4.78 is 0. The number of anilines is 1. The van der Waals surface area contributed by atoms with Crippen LogP contribution in [-0.2, 0) is 0 Å². The molecule has 110 valence electrons. The molecule has 0 spiro atoms. The maximum absolute atomic E-state index is 11.1. The summed E-state index contributed by atoms with van der Waals surface area (Å²) in [5, 5.41) is 23.8. The van der Waals surface area contributed by atoms with Crippen molar-refractivity contribution < 1.29 is 14.8 Å². The third-order valence-electron chi connectivity index (χ3n) is 2.59. The number of hydrogen-bond donors (Lipinski definition) is 3. The van der Waals surface area contributed by atoms with E-state index in [1.807, 2.05) is 6.26 Å². The standard InChI is InChI=1S/C12H17N3O4S/c1-12(17,7-20-2)6-14-9-5-8(11(13)16)3-4-10(9)15(18)19/h3-5,14,17H,6-7H2,1-2H3,(H2,13,16). The number of amides is 1. The lowest BCUT2D eigenvalue weighted by Gasteiger charge is -2.23. The summed E-state index contributed by atoms with van der Waals surface area (Å²) in [5.74, 6) is -0.192. The maximum Gasteiger partial charge on any atom is 0.292 e. The van der Waals surface area contributed by atoms with Crippen molar-refractivity contribution in [3.8, 4) is 0 Å². The number of carbonyl (C=O) groups is 1. The van der Waals surface area contributed by atoms with E-state index >= 15 is 0 Å². The number of carbonyl (C=O) groups excluding carboxylic acids is 1. The van der Waals surface area contributed by atoms with Crippen LogP contribution in [0, 0.1) is 10.1 Å².